The fourth-order valence-corrected chi connectivity index (χ4v) is 0.999. The third-order valence-corrected chi connectivity index (χ3v) is 1.52. The molecule has 0 aromatic heterocycles. The van der Waals surface area contributed by atoms with E-state index in [1.807, 2.05) is 0 Å². The Labute approximate surface area is 62.5 Å². The van der Waals surface area contributed by atoms with Crippen molar-refractivity contribution in [2.24, 2.45) is 0 Å². The number of hydrogen-bond donors (Lipinski definition) is 2. The summed E-state index contributed by atoms with van der Waals surface area (Å²) in [6.45, 7) is 0. The Morgan fingerprint density at radius 1 is 1.36 bits per heavy atom. The van der Waals surface area contributed by atoms with Crippen LogP contribution in [0.4, 0.5) is 0 Å². The molecule has 0 bridgehead atoms. The van der Waals surface area contributed by atoms with Crippen molar-refractivity contribution in [3.63, 3.8) is 0 Å². The molecule has 0 amide bonds. The van der Waals surface area contributed by atoms with Crippen molar-refractivity contribution in [2.45, 2.75) is 6.29 Å². The SMILES string of the molecule is Oc1cccc2c1C(O)OO2. The van der Waals surface area contributed by atoms with Crippen LogP contribution in [0.15, 0.2) is 18.2 Å². The van der Waals surface area contributed by atoms with E-state index in [9.17, 15) is 5.11 Å². The third kappa shape index (κ3) is 0.840. The van der Waals surface area contributed by atoms with Gasteiger partial charge in [-0.3, -0.25) is 0 Å². The van der Waals surface area contributed by atoms with E-state index in [0.717, 1.165) is 0 Å². The average molecular weight is 154 g/mol. The summed E-state index contributed by atoms with van der Waals surface area (Å²) < 4.78 is 0. The molecule has 1 atom stereocenters. The first-order chi connectivity index (χ1) is 5.29. The lowest BCUT2D eigenvalue weighted by atomic mass is 10.2. The molecule has 0 radical (unpaired) electrons. The summed E-state index contributed by atoms with van der Waals surface area (Å²) >= 11 is 0. The highest BCUT2D eigenvalue weighted by Gasteiger charge is 2.26. The van der Waals surface area contributed by atoms with E-state index in [1.165, 1.54) is 6.07 Å². The van der Waals surface area contributed by atoms with Crippen LogP contribution in [0.25, 0.3) is 0 Å². The first-order valence-corrected chi connectivity index (χ1v) is 3.12. The van der Waals surface area contributed by atoms with Crippen LogP contribution < -0.4 is 4.89 Å². The number of phenolic OH excluding ortho intramolecular Hbond substituents is 1. The molecular weight excluding hydrogens is 148 g/mol. The molecule has 0 saturated heterocycles. The molecule has 4 heteroatoms. The highest BCUT2D eigenvalue weighted by molar-refractivity contribution is 5.45. The second-order valence-corrected chi connectivity index (χ2v) is 2.22. The Morgan fingerprint density at radius 3 is 2.91 bits per heavy atom. The van der Waals surface area contributed by atoms with Crippen molar-refractivity contribution in [3.8, 4) is 11.5 Å². The quantitative estimate of drug-likeness (QED) is 0.540. The molecule has 0 aliphatic carbocycles. The van der Waals surface area contributed by atoms with Gasteiger partial charge in [-0.2, -0.15) is 4.89 Å². The molecule has 2 rings (SSSR count). The number of benzene rings is 1. The Hall–Kier alpha value is -1.26. The molecular formula is C7H6O4. The topological polar surface area (TPSA) is 58.9 Å². The van der Waals surface area contributed by atoms with Gasteiger partial charge in [-0.1, -0.05) is 6.07 Å². The molecule has 2 N–H and O–H groups in total. The Bertz CT molecular complexity index is 284. The standard InChI is InChI=1S/C7H6O4/c8-4-2-1-3-5-6(4)7(9)11-10-5/h1-3,7-9H. The van der Waals surface area contributed by atoms with Gasteiger partial charge in [0.05, 0.1) is 5.56 Å². The Morgan fingerprint density at radius 2 is 2.18 bits per heavy atom. The minimum Gasteiger partial charge on any atom is -0.507 e. The lowest BCUT2D eigenvalue weighted by Crippen LogP contribution is -1.93. The van der Waals surface area contributed by atoms with Crippen molar-refractivity contribution < 1.29 is 20.0 Å². The predicted molar refractivity (Wildman–Crippen MR) is 34.8 cm³/mol. The number of rotatable bonds is 0. The van der Waals surface area contributed by atoms with Crippen LogP contribution in [-0.2, 0) is 4.89 Å². The molecule has 1 aromatic rings. The number of phenols is 1. The summed E-state index contributed by atoms with van der Waals surface area (Å²) in [7, 11) is 0. The average Bonchev–Trinajstić information content (AvgIpc) is 2.34. The van der Waals surface area contributed by atoms with Gasteiger partial charge in [-0.15, -0.1) is 0 Å². The summed E-state index contributed by atoms with van der Waals surface area (Å²) in [5.74, 6) is 0.338. The smallest absolute Gasteiger partial charge is 0.234 e. The highest BCUT2D eigenvalue weighted by Crippen LogP contribution is 2.38. The van der Waals surface area contributed by atoms with Gasteiger partial charge in [0.2, 0.25) is 6.29 Å². The number of aliphatic hydroxyl groups is 1. The zero-order valence-corrected chi connectivity index (χ0v) is 5.52. The maximum absolute atomic E-state index is 9.18. The van der Waals surface area contributed by atoms with Gasteiger partial charge in [0, 0.05) is 0 Å². The molecule has 0 fully saturated rings. The zero-order chi connectivity index (χ0) is 7.84. The summed E-state index contributed by atoms with van der Waals surface area (Å²) in [6, 6.07) is 4.67. The zero-order valence-electron chi connectivity index (χ0n) is 5.52. The molecule has 1 heterocycles. The number of aromatic hydroxyl groups is 1. The number of hydrogen-bond acceptors (Lipinski definition) is 4. The van der Waals surface area contributed by atoms with Crippen LogP contribution >= 0.6 is 0 Å². The molecule has 0 spiro atoms. The van der Waals surface area contributed by atoms with Crippen molar-refractivity contribution in [2.75, 3.05) is 0 Å². The van der Waals surface area contributed by atoms with Gasteiger partial charge in [-0.25, -0.2) is 0 Å². The fraction of sp³-hybridized carbons (Fsp3) is 0.143. The van der Waals surface area contributed by atoms with Crippen LogP contribution in [0, 0.1) is 0 Å². The second kappa shape index (κ2) is 2.11. The summed E-state index contributed by atoms with van der Waals surface area (Å²) in [6.07, 6.45) is -1.17. The lowest BCUT2D eigenvalue weighted by molar-refractivity contribution is -0.286. The predicted octanol–water partition coefficient (Wildman–Crippen LogP) is 0.707. The minimum atomic E-state index is -1.17. The highest BCUT2D eigenvalue weighted by atomic mass is 17.2. The fourth-order valence-electron chi connectivity index (χ4n) is 0.999. The largest absolute Gasteiger partial charge is 0.507 e. The van der Waals surface area contributed by atoms with Crippen molar-refractivity contribution >= 4 is 0 Å². The molecule has 4 nitrogen and oxygen atoms in total. The maximum Gasteiger partial charge on any atom is 0.234 e. The molecule has 1 unspecified atom stereocenters. The maximum atomic E-state index is 9.18. The third-order valence-electron chi connectivity index (χ3n) is 1.52. The van der Waals surface area contributed by atoms with Crippen LogP contribution in [0.1, 0.15) is 11.9 Å². The minimum absolute atomic E-state index is 0.0208. The van der Waals surface area contributed by atoms with E-state index in [-0.39, 0.29) is 11.3 Å². The van der Waals surface area contributed by atoms with Gasteiger partial charge < -0.3 is 15.1 Å². The molecule has 1 aliphatic rings. The summed E-state index contributed by atoms with van der Waals surface area (Å²) in [5, 5.41) is 18.2. The summed E-state index contributed by atoms with van der Waals surface area (Å²) in [4.78, 5) is 8.98. The molecule has 58 valence electrons. The van der Waals surface area contributed by atoms with E-state index in [1.54, 1.807) is 12.1 Å². The molecule has 1 aliphatic heterocycles. The molecule has 1 aromatic carbocycles. The van der Waals surface area contributed by atoms with Crippen LogP contribution in [0.5, 0.6) is 11.5 Å². The van der Waals surface area contributed by atoms with Gasteiger partial charge in [0.25, 0.3) is 0 Å². The van der Waals surface area contributed by atoms with Crippen LogP contribution in [-0.4, -0.2) is 10.2 Å². The van der Waals surface area contributed by atoms with Crippen LogP contribution in [0.2, 0.25) is 0 Å². The monoisotopic (exact) mass is 154 g/mol. The lowest BCUT2D eigenvalue weighted by Gasteiger charge is -1.98. The van der Waals surface area contributed by atoms with Crippen molar-refractivity contribution in [1.29, 1.82) is 0 Å². The molecule has 11 heavy (non-hydrogen) atoms. The first-order valence-electron chi connectivity index (χ1n) is 3.12. The normalized spacial score (nSPS) is 21.0. The Kier molecular flexibility index (Phi) is 1.24. The molecule has 0 saturated carbocycles. The summed E-state index contributed by atoms with van der Waals surface area (Å²) in [5.41, 5.74) is 0.285. The van der Waals surface area contributed by atoms with E-state index in [0.29, 0.717) is 5.75 Å². The van der Waals surface area contributed by atoms with Gasteiger partial charge >= 0.3 is 0 Å². The van der Waals surface area contributed by atoms with E-state index >= 15 is 0 Å². The van der Waals surface area contributed by atoms with Crippen molar-refractivity contribution in [3.05, 3.63) is 23.8 Å². The van der Waals surface area contributed by atoms with Gasteiger partial charge in [0.15, 0.2) is 5.75 Å². The van der Waals surface area contributed by atoms with Gasteiger partial charge in [-0.05, 0) is 12.1 Å². The Balaban J connectivity index is 2.58. The van der Waals surface area contributed by atoms with E-state index in [2.05, 4.69) is 9.78 Å². The van der Waals surface area contributed by atoms with Gasteiger partial charge in [0.1, 0.15) is 5.75 Å². The number of aliphatic hydroxyl groups excluding tert-OH is 1. The van der Waals surface area contributed by atoms with E-state index in [4.69, 9.17) is 5.11 Å². The van der Waals surface area contributed by atoms with E-state index < -0.39 is 6.29 Å². The van der Waals surface area contributed by atoms with Crippen molar-refractivity contribution in [1.82, 2.24) is 0 Å². The first kappa shape index (κ1) is 6.45. The number of fused-ring (bicyclic) bond motifs is 1. The van der Waals surface area contributed by atoms with Crippen LogP contribution in [0.3, 0.4) is 0 Å². The second-order valence-electron chi connectivity index (χ2n) is 2.22.